The van der Waals surface area contributed by atoms with Gasteiger partial charge in [0.1, 0.15) is 11.3 Å². The third-order valence-electron chi connectivity index (χ3n) is 3.71. The smallest absolute Gasteiger partial charge is 0.259 e. The molecule has 0 radical (unpaired) electrons. The molecule has 0 unspecified atom stereocenters. The predicted molar refractivity (Wildman–Crippen MR) is 96.3 cm³/mol. The lowest BCUT2D eigenvalue weighted by Gasteiger charge is -2.03. The molecule has 0 aliphatic carbocycles. The number of carbonyl (C=O) groups excluding carboxylic acids is 1. The van der Waals surface area contributed by atoms with Crippen molar-refractivity contribution in [1.29, 1.82) is 0 Å². The zero-order valence-electron chi connectivity index (χ0n) is 13.7. The molecule has 3 rings (SSSR count). The molecule has 0 saturated carbocycles. The Hall–Kier alpha value is -2.73. The van der Waals surface area contributed by atoms with Gasteiger partial charge in [0.25, 0.3) is 5.91 Å². The highest BCUT2D eigenvalue weighted by atomic mass is 35.5. The van der Waals surface area contributed by atoms with E-state index in [-0.39, 0.29) is 23.0 Å². The zero-order chi connectivity index (χ0) is 17.8. The van der Waals surface area contributed by atoms with Gasteiger partial charge < -0.3 is 20.0 Å². The van der Waals surface area contributed by atoms with E-state index < -0.39 is 0 Å². The summed E-state index contributed by atoms with van der Waals surface area (Å²) in [7, 11) is 0. The van der Waals surface area contributed by atoms with E-state index in [2.05, 4.69) is 10.5 Å². The first-order chi connectivity index (χ1) is 12.1. The number of hydrogen-bond donors (Lipinski definition) is 2. The topological polar surface area (TPSA) is 94.3 Å². The molecular formula is C18H18ClN3O3. The van der Waals surface area contributed by atoms with Gasteiger partial charge in [0.15, 0.2) is 11.5 Å². The van der Waals surface area contributed by atoms with Gasteiger partial charge in [-0.25, -0.2) is 0 Å². The highest BCUT2D eigenvalue weighted by Crippen LogP contribution is 2.32. The Bertz CT molecular complexity index is 885. The van der Waals surface area contributed by atoms with Gasteiger partial charge in [-0.1, -0.05) is 42.2 Å². The molecule has 2 aromatic heterocycles. The van der Waals surface area contributed by atoms with Gasteiger partial charge in [-0.15, -0.1) is 0 Å². The van der Waals surface area contributed by atoms with Gasteiger partial charge in [0, 0.05) is 17.1 Å². The SMILES string of the molecule is CCCCNC(=O)c1c(-c2ccc(-c3cccc(Cl)c3)o2)noc1N. The molecule has 0 saturated heterocycles. The van der Waals surface area contributed by atoms with Crippen molar-refractivity contribution < 1.29 is 13.7 Å². The van der Waals surface area contributed by atoms with Crippen LogP contribution in [0, 0.1) is 0 Å². The molecule has 0 bridgehead atoms. The molecule has 0 aliphatic rings. The van der Waals surface area contributed by atoms with E-state index in [4.69, 9.17) is 26.3 Å². The third kappa shape index (κ3) is 3.69. The molecule has 0 fully saturated rings. The Labute approximate surface area is 149 Å². The number of anilines is 1. The standard InChI is InChI=1S/C18H18ClN3O3/c1-2-3-9-21-18(23)15-16(22-25-17(15)20)14-8-7-13(24-14)11-5-4-6-12(19)10-11/h4-8,10H,2-3,9,20H2,1H3,(H,21,23). The summed E-state index contributed by atoms with van der Waals surface area (Å²) in [4.78, 5) is 12.4. The lowest BCUT2D eigenvalue weighted by molar-refractivity contribution is 0.0954. The molecular weight excluding hydrogens is 342 g/mol. The van der Waals surface area contributed by atoms with Crippen molar-refractivity contribution in [3.05, 3.63) is 47.0 Å². The van der Waals surface area contributed by atoms with Crippen LogP contribution < -0.4 is 11.1 Å². The fourth-order valence-corrected chi connectivity index (χ4v) is 2.61. The normalized spacial score (nSPS) is 10.8. The number of benzene rings is 1. The monoisotopic (exact) mass is 359 g/mol. The number of nitrogens with one attached hydrogen (secondary N) is 1. The number of nitrogen functional groups attached to an aromatic ring is 1. The van der Waals surface area contributed by atoms with Gasteiger partial charge in [0.05, 0.1) is 0 Å². The van der Waals surface area contributed by atoms with Gasteiger partial charge in [-0.05, 0) is 30.7 Å². The first-order valence-corrected chi connectivity index (χ1v) is 8.37. The van der Waals surface area contributed by atoms with E-state index in [0.717, 1.165) is 18.4 Å². The van der Waals surface area contributed by atoms with Crippen molar-refractivity contribution in [2.75, 3.05) is 12.3 Å². The summed E-state index contributed by atoms with van der Waals surface area (Å²) < 4.78 is 10.8. The maximum absolute atomic E-state index is 12.4. The van der Waals surface area contributed by atoms with Gasteiger partial charge in [-0.3, -0.25) is 4.79 Å². The van der Waals surface area contributed by atoms with E-state index in [9.17, 15) is 4.79 Å². The van der Waals surface area contributed by atoms with Crippen LogP contribution in [0.3, 0.4) is 0 Å². The summed E-state index contributed by atoms with van der Waals surface area (Å²) in [6.45, 7) is 2.61. The zero-order valence-corrected chi connectivity index (χ0v) is 14.5. The Morgan fingerprint density at radius 1 is 1.28 bits per heavy atom. The number of amides is 1. The Morgan fingerprint density at radius 2 is 2.08 bits per heavy atom. The molecule has 1 amide bonds. The van der Waals surface area contributed by atoms with Crippen LogP contribution in [0.1, 0.15) is 30.1 Å². The number of carbonyl (C=O) groups is 1. The van der Waals surface area contributed by atoms with Crippen molar-refractivity contribution in [2.24, 2.45) is 0 Å². The number of halogens is 1. The Morgan fingerprint density at radius 3 is 2.84 bits per heavy atom. The minimum Gasteiger partial charge on any atom is -0.454 e. The second-order valence-electron chi connectivity index (χ2n) is 5.55. The van der Waals surface area contributed by atoms with E-state index in [1.807, 2.05) is 19.1 Å². The fourth-order valence-electron chi connectivity index (χ4n) is 2.42. The number of nitrogens with two attached hydrogens (primary N) is 1. The van der Waals surface area contributed by atoms with Crippen LogP contribution in [0.5, 0.6) is 0 Å². The second-order valence-corrected chi connectivity index (χ2v) is 5.99. The summed E-state index contributed by atoms with van der Waals surface area (Å²) in [5.74, 6) is 0.639. The van der Waals surface area contributed by atoms with Crippen LogP contribution in [0.2, 0.25) is 5.02 Å². The van der Waals surface area contributed by atoms with Crippen molar-refractivity contribution in [3.8, 4) is 22.8 Å². The van der Waals surface area contributed by atoms with Crippen LogP contribution >= 0.6 is 11.6 Å². The van der Waals surface area contributed by atoms with Crippen LogP contribution in [0.15, 0.2) is 45.3 Å². The minimum absolute atomic E-state index is 0.0373. The van der Waals surface area contributed by atoms with Gasteiger partial charge in [0.2, 0.25) is 5.88 Å². The number of rotatable bonds is 6. The van der Waals surface area contributed by atoms with Gasteiger partial charge in [-0.2, -0.15) is 0 Å². The lowest BCUT2D eigenvalue weighted by atomic mass is 10.1. The second kappa shape index (κ2) is 7.44. The van der Waals surface area contributed by atoms with Crippen molar-refractivity contribution in [2.45, 2.75) is 19.8 Å². The van der Waals surface area contributed by atoms with Crippen LogP contribution in [-0.4, -0.2) is 17.6 Å². The van der Waals surface area contributed by atoms with Crippen molar-refractivity contribution in [3.63, 3.8) is 0 Å². The van der Waals surface area contributed by atoms with Crippen LogP contribution in [0.4, 0.5) is 5.88 Å². The molecule has 130 valence electrons. The molecule has 0 spiro atoms. The maximum Gasteiger partial charge on any atom is 0.259 e. The lowest BCUT2D eigenvalue weighted by Crippen LogP contribution is -2.25. The average Bonchev–Trinajstić information content (AvgIpc) is 3.21. The number of unbranched alkanes of at least 4 members (excludes halogenated alkanes) is 1. The largest absolute Gasteiger partial charge is 0.454 e. The Balaban J connectivity index is 1.89. The molecule has 3 N–H and O–H groups in total. The number of furan rings is 1. The fraction of sp³-hybridized carbons (Fsp3) is 0.222. The van der Waals surface area contributed by atoms with Crippen molar-refractivity contribution in [1.82, 2.24) is 10.5 Å². The van der Waals surface area contributed by atoms with E-state index in [1.54, 1.807) is 24.3 Å². The highest BCUT2D eigenvalue weighted by Gasteiger charge is 2.24. The van der Waals surface area contributed by atoms with Crippen LogP contribution in [-0.2, 0) is 0 Å². The molecule has 1 aromatic carbocycles. The predicted octanol–water partition coefficient (Wildman–Crippen LogP) is 4.37. The Kier molecular flexibility index (Phi) is 5.09. The summed E-state index contributed by atoms with van der Waals surface area (Å²) >= 11 is 6.01. The summed E-state index contributed by atoms with van der Waals surface area (Å²) in [5, 5.41) is 7.29. The maximum atomic E-state index is 12.4. The summed E-state index contributed by atoms with van der Waals surface area (Å²) in [6, 6.07) is 10.8. The average molecular weight is 360 g/mol. The van der Waals surface area contributed by atoms with E-state index in [1.165, 1.54) is 0 Å². The van der Waals surface area contributed by atoms with E-state index in [0.29, 0.717) is 23.1 Å². The first kappa shape index (κ1) is 17.1. The number of nitrogens with zero attached hydrogens (tertiary/aromatic N) is 1. The molecule has 2 heterocycles. The summed E-state index contributed by atoms with van der Waals surface area (Å²) in [5.41, 5.74) is 7.06. The molecule has 3 aromatic rings. The summed E-state index contributed by atoms with van der Waals surface area (Å²) in [6.07, 6.45) is 1.86. The highest BCUT2D eigenvalue weighted by molar-refractivity contribution is 6.30. The first-order valence-electron chi connectivity index (χ1n) is 7.99. The van der Waals surface area contributed by atoms with Crippen LogP contribution in [0.25, 0.3) is 22.8 Å². The molecule has 0 atom stereocenters. The molecule has 0 aliphatic heterocycles. The molecule has 6 nitrogen and oxygen atoms in total. The minimum atomic E-state index is -0.331. The van der Waals surface area contributed by atoms with E-state index >= 15 is 0 Å². The van der Waals surface area contributed by atoms with Crippen molar-refractivity contribution >= 4 is 23.4 Å². The number of hydrogen-bond acceptors (Lipinski definition) is 5. The van der Waals surface area contributed by atoms with Gasteiger partial charge >= 0.3 is 0 Å². The molecule has 7 heteroatoms. The number of aromatic nitrogens is 1. The third-order valence-corrected chi connectivity index (χ3v) is 3.95. The quantitative estimate of drug-likeness (QED) is 0.637. The molecule has 25 heavy (non-hydrogen) atoms.